The number of benzene rings is 3. The van der Waals surface area contributed by atoms with Crippen LogP contribution in [0.4, 0.5) is 11.4 Å². The molecule has 0 saturated heterocycles. The van der Waals surface area contributed by atoms with Crippen molar-refractivity contribution in [3.63, 3.8) is 0 Å². The smallest absolute Gasteiger partial charge is 0.256 e. The summed E-state index contributed by atoms with van der Waals surface area (Å²) in [6.45, 7) is 5.53. The molecule has 2 amide bonds. The number of amides is 2. The number of furan rings is 1. The van der Waals surface area contributed by atoms with E-state index in [1.807, 2.05) is 48.5 Å². The third kappa shape index (κ3) is 6.97. The maximum absolute atomic E-state index is 13.7. The van der Waals surface area contributed by atoms with Gasteiger partial charge in [0.1, 0.15) is 5.76 Å². The maximum Gasteiger partial charge on any atom is 0.256 e. The highest BCUT2D eigenvalue weighted by molar-refractivity contribution is 6.33. The molecule has 0 aliphatic carbocycles. The van der Waals surface area contributed by atoms with Gasteiger partial charge in [0.05, 0.1) is 23.4 Å². The second-order valence-corrected chi connectivity index (χ2v) is 9.73. The summed E-state index contributed by atoms with van der Waals surface area (Å²) in [7, 11) is 0. The van der Waals surface area contributed by atoms with E-state index in [0.717, 1.165) is 29.0 Å². The number of hydrogen-bond donors (Lipinski definition) is 1. The predicted molar refractivity (Wildman–Crippen MR) is 153 cm³/mol. The van der Waals surface area contributed by atoms with Crippen molar-refractivity contribution in [3.8, 4) is 0 Å². The highest BCUT2D eigenvalue weighted by Crippen LogP contribution is 2.29. The lowest BCUT2D eigenvalue weighted by Crippen LogP contribution is -2.31. The highest BCUT2D eigenvalue weighted by Gasteiger charge is 2.22. The molecular formula is C30H29Cl2N3O3. The van der Waals surface area contributed by atoms with E-state index >= 15 is 0 Å². The van der Waals surface area contributed by atoms with Gasteiger partial charge < -0.3 is 19.5 Å². The van der Waals surface area contributed by atoms with E-state index in [0.29, 0.717) is 34.5 Å². The Balaban J connectivity index is 1.63. The zero-order valence-electron chi connectivity index (χ0n) is 21.3. The van der Waals surface area contributed by atoms with Crippen molar-refractivity contribution in [1.29, 1.82) is 0 Å². The first-order chi connectivity index (χ1) is 18.3. The molecule has 0 aliphatic heterocycles. The van der Waals surface area contributed by atoms with Gasteiger partial charge in [0.25, 0.3) is 5.91 Å². The lowest BCUT2D eigenvalue weighted by Gasteiger charge is -2.29. The van der Waals surface area contributed by atoms with Gasteiger partial charge in [-0.15, -0.1) is 0 Å². The molecule has 0 fully saturated rings. The average molecular weight is 550 g/mol. The number of hydrogen-bond acceptors (Lipinski definition) is 4. The fraction of sp³-hybridized carbons (Fsp3) is 0.200. The molecule has 196 valence electrons. The van der Waals surface area contributed by atoms with Gasteiger partial charge in [-0.2, -0.15) is 0 Å². The number of carbonyl (C=O) groups is 2. The minimum atomic E-state index is -0.200. The Morgan fingerprint density at radius 3 is 2.32 bits per heavy atom. The summed E-state index contributed by atoms with van der Waals surface area (Å²) in [5.74, 6) is 0.360. The third-order valence-corrected chi connectivity index (χ3v) is 6.66. The SMILES string of the molecule is CCN(Cc1ccc(NC(C)=O)cc1)c1ccc(Cl)cc1CN(Cc1ccco1)C(=O)c1ccccc1Cl. The first-order valence-corrected chi connectivity index (χ1v) is 13.1. The number of rotatable bonds is 10. The molecule has 8 heteroatoms. The van der Waals surface area contributed by atoms with Gasteiger partial charge >= 0.3 is 0 Å². The molecule has 38 heavy (non-hydrogen) atoms. The fourth-order valence-corrected chi connectivity index (χ4v) is 4.69. The summed E-state index contributed by atoms with van der Waals surface area (Å²) in [5.41, 5.74) is 4.14. The number of halogens is 2. The summed E-state index contributed by atoms with van der Waals surface area (Å²) in [6.07, 6.45) is 1.59. The van der Waals surface area contributed by atoms with Crippen LogP contribution in [-0.2, 0) is 24.4 Å². The Hall–Kier alpha value is -3.74. The van der Waals surface area contributed by atoms with E-state index in [2.05, 4.69) is 17.1 Å². The number of carbonyl (C=O) groups excluding carboxylic acids is 2. The standard InChI is InChI=1S/C30H29Cl2N3O3/c1-3-34(18-22-10-13-25(14-11-22)33-21(2)36)29-15-12-24(31)17-23(29)19-35(20-26-7-6-16-38-26)30(37)27-8-4-5-9-28(27)32/h4-17H,3,18-20H2,1-2H3,(H,33,36). The van der Waals surface area contributed by atoms with E-state index in [1.165, 1.54) is 6.92 Å². The van der Waals surface area contributed by atoms with E-state index in [1.54, 1.807) is 41.5 Å². The van der Waals surface area contributed by atoms with Crippen LogP contribution in [0.5, 0.6) is 0 Å². The van der Waals surface area contributed by atoms with Crippen LogP contribution in [0.25, 0.3) is 0 Å². The molecule has 0 bridgehead atoms. The molecule has 6 nitrogen and oxygen atoms in total. The van der Waals surface area contributed by atoms with Crippen LogP contribution in [0.3, 0.4) is 0 Å². The van der Waals surface area contributed by atoms with Gasteiger partial charge in [0, 0.05) is 43.0 Å². The van der Waals surface area contributed by atoms with Crippen molar-refractivity contribution < 1.29 is 14.0 Å². The van der Waals surface area contributed by atoms with E-state index < -0.39 is 0 Å². The Morgan fingerprint density at radius 1 is 0.895 bits per heavy atom. The molecule has 1 aromatic heterocycles. The summed E-state index contributed by atoms with van der Waals surface area (Å²) in [6, 6.07) is 24.2. The van der Waals surface area contributed by atoms with E-state index in [-0.39, 0.29) is 18.4 Å². The molecule has 1 heterocycles. The summed E-state index contributed by atoms with van der Waals surface area (Å²) in [4.78, 5) is 28.9. The van der Waals surface area contributed by atoms with Crippen molar-refractivity contribution in [2.45, 2.75) is 33.5 Å². The minimum Gasteiger partial charge on any atom is -0.467 e. The number of anilines is 2. The number of nitrogens with zero attached hydrogens (tertiary/aromatic N) is 2. The van der Waals surface area contributed by atoms with Crippen molar-refractivity contribution in [2.24, 2.45) is 0 Å². The quantitative estimate of drug-likeness (QED) is 0.223. The molecule has 0 atom stereocenters. The zero-order valence-corrected chi connectivity index (χ0v) is 22.8. The third-order valence-electron chi connectivity index (χ3n) is 6.09. The van der Waals surface area contributed by atoms with Gasteiger partial charge in [-0.05, 0) is 72.6 Å². The molecule has 1 N–H and O–H groups in total. The molecule has 0 unspecified atom stereocenters. The van der Waals surface area contributed by atoms with Crippen LogP contribution in [0.15, 0.2) is 89.5 Å². The molecule has 0 saturated carbocycles. The van der Waals surface area contributed by atoms with E-state index in [9.17, 15) is 9.59 Å². The monoisotopic (exact) mass is 549 g/mol. The molecule has 0 spiro atoms. The first-order valence-electron chi connectivity index (χ1n) is 12.3. The number of nitrogens with one attached hydrogen (secondary N) is 1. The lowest BCUT2D eigenvalue weighted by molar-refractivity contribution is -0.114. The Labute approximate surface area is 232 Å². The molecule has 4 rings (SSSR count). The van der Waals surface area contributed by atoms with Crippen molar-refractivity contribution in [3.05, 3.63) is 118 Å². The Bertz CT molecular complexity index is 1390. The van der Waals surface area contributed by atoms with Crippen LogP contribution in [0.1, 0.15) is 41.1 Å². The normalized spacial score (nSPS) is 10.7. The summed E-state index contributed by atoms with van der Waals surface area (Å²) < 4.78 is 5.56. The van der Waals surface area contributed by atoms with Crippen LogP contribution in [0, 0.1) is 0 Å². The summed E-state index contributed by atoms with van der Waals surface area (Å²) >= 11 is 12.8. The molecule has 0 aliphatic rings. The molecule has 3 aromatic carbocycles. The van der Waals surface area contributed by atoms with Crippen molar-refractivity contribution in [2.75, 3.05) is 16.8 Å². The summed E-state index contributed by atoms with van der Waals surface area (Å²) in [5, 5.41) is 3.77. The van der Waals surface area contributed by atoms with Crippen LogP contribution >= 0.6 is 23.2 Å². The van der Waals surface area contributed by atoms with Gasteiger partial charge in [0.2, 0.25) is 5.91 Å². The topological polar surface area (TPSA) is 65.8 Å². The van der Waals surface area contributed by atoms with Crippen LogP contribution in [-0.4, -0.2) is 23.3 Å². The average Bonchev–Trinajstić information content (AvgIpc) is 3.41. The second kappa shape index (κ2) is 12.7. The van der Waals surface area contributed by atoms with Crippen molar-refractivity contribution in [1.82, 2.24) is 4.90 Å². The molecule has 4 aromatic rings. The van der Waals surface area contributed by atoms with Crippen molar-refractivity contribution >= 4 is 46.4 Å². The van der Waals surface area contributed by atoms with Crippen LogP contribution < -0.4 is 10.2 Å². The van der Waals surface area contributed by atoms with E-state index in [4.69, 9.17) is 27.6 Å². The fourth-order valence-electron chi connectivity index (χ4n) is 4.27. The molecular weight excluding hydrogens is 521 g/mol. The Morgan fingerprint density at radius 2 is 1.66 bits per heavy atom. The maximum atomic E-state index is 13.7. The minimum absolute atomic E-state index is 0.107. The van der Waals surface area contributed by atoms with Gasteiger partial charge in [-0.25, -0.2) is 0 Å². The van der Waals surface area contributed by atoms with Gasteiger partial charge in [0.15, 0.2) is 0 Å². The lowest BCUT2D eigenvalue weighted by atomic mass is 10.1. The largest absolute Gasteiger partial charge is 0.467 e. The Kier molecular flexibility index (Phi) is 9.10. The second-order valence-electron chi connectivity index (χ2n) is 8.89. The van der Waals surface area contributed by atoms with Gasteiger partial charge in [-0.1, -0.05) is 47.5 Å². The first kappa shape index (κ1) is 27.3. The predicted octanol–water partition coefficient (Wildman–Crippen LogP) is 7.41. The van der Waals surface area contributed by atoms with Crippen LogP contribution in [0.2, 0.25) is 10.0 Å². The molecule has 0 radical (unpaired) electrons. The highest BCUT2D eigenvalue weighted by atomic mass is 35.5. The van der Waals surface area contributed by atoms with Gasteiger partial charge in [-0.3, -0.25) is 9.59 Å². The zero-order chi connectivity index (χ0) is 27.1.